The van der Waals surface area contributed by atoms with Crippen molar-refractivity contribution in [3.05, 3.63) is 59.1 Å². The summed E-state index contributed by atoms with van der Waals surface area (Å²) in [5.41, 5.74) is 0.957. The molecule has 0 heterocycles. The minimum atomic E-state index is -3.75. The molecular weight excluding hydrogens is 376 g/mol. The van der Waals surface area contributed by atoms with Crippen molar-refractivity contribution in [1.29, 1.82) is 0 Å². The third-order valence-corrected chi connectivity index (χ3v) is 5.72. The Labute approximate surface area is 158 Å². The van der Waals surface area contributed by atoms with Gasteiger partial charge in [-0.15, -0.1) is 0 Å². The topological polar surface area (TPSA) is 75.7 Å². The number of nitrogens with one attached hydrogen (secondary N) is 1. The highest BCUT2D eigenvalue weighted by Crippen LogP contribution is 2.20. The van der Waals surface area contributed by atoms with E-state index >= 15 is 0 Å². The number of carbonyl (C=O) groups excluding carboxylic acids is 1. The number of ether oxygens (including phenoxy) is 1. The van der Waals surface area contributed by atoms with Crippen LogP contribution in [-0.4, -0.2) is 39.9 Å². The van der Waals surface area contributed by atoms with Gasteiger partial charge in [-0.3, -0.25) is 4.79 Å². The average molecular weight is 397 g/mol. The summed E-state index contributed by atoms with van der Waals surface area (Å²) >= 11 is 5.91. The first-order chi connectivity index (χ1) is 12.3. The number of methoxy groups -OCH3 is 1. The number of benzene rings is 2. The van der Waals surface area contributed by atoms with Crippen LogP contribution < -0.4 is 9.46 Å². The van der Waals surface area contributed by atoms with Gasteiger partial charge < -0.3 is 9.64 Å². The van der Waals surface area contributed by atoms with Crippen LogP contribution in [0.3, 0.4) is 0 Å². The Kier molecular flexibility index (Phi) is 7.02. The number of nitrogens with zero attached hydrogens (tertiary/aromatic N) is 1. The number of halogens is 1. The number of hydrogen-bond acceptors (Lipinski definition) is 4. The second-order valence-electron chi connectivity index (χ2n) is 5.68. The molecule has 0 saturated carbocycles. The van der Waals surface area contributed by atoms with Crippen molar-refractivity contribution in [3.63, 3.8) is 0 Å². The van der Waals surface area contributed by atoms with Crippen molar-refractivity contribution in [2.75, 3.05) is 20.7 Å². The van der Waals surface area contributed by atoms with E-state index in [1.165, 1.54) is 12.1 Å². The lowest BCUT2D eigenvalue weighted by atomic mass is 10.2. The molecule has 8 heteroatoms. The van der Waals surface area contributed by atoms with Gasteiger partial charge in [0.15, 0.2) is 0 Å². The van der Waals surface area contributed by atoms with Gasteiger partial charge in [-0.1, -0.05) is 35.9 Å². The summed E-state index contributed by atoms with van der Waals surface area (Å²) in [6, 6.07) is 13.6. The molecule has 6 nitrogen and oxygen atoms in total. The zero-order valence-electron chi connectivity index (χ0n) is 14.6. The van der Waals surface area contributed by atoms with Crippen LogP contribution in [0.25, 0.3) is 0 Å². The molecule has 1 amide bonds. The van der Waals surface area contributed by atoms with E-state index in [2.05, 4.69) is 4.72 Å². The summed E-state index contributed by atoms with van der Waals surface area (Å²) in [5, 5.41) is 0.142. The molecule has 0 aromatic heterocycles. The molecule has 140 valence electrons. The summed E-state index contributed by atoms with van der Waals surface area (Å²) in [6.45, 7) is 0.430. The number of hydrogen-bond donors (Lipinski definition) is 1. The molecule has 0 bridgehead atoms. The molecule has 0 aliphatic rings. The number of amides is 1. The molecule has 0 radical (unpaired) electrons. The summed E-state index contributed by atoms with van der Waals surface area (Å²) in [7, 11) is -0.478. The molecule has 0 aliphatic carbocycles. The molecule has 26 heavy (non-hydrogen) atoms. The average Bonchev–Trinajstić information content (AvgIpc) is 2.62. The third-order valence-electron chi connectivity index (χ3n) is 3.76. The Balaban J connectivity index is 1.86. The second-order valence-corrected chi connectivity index (χ2v) is 7.82. The van der Waals surface area contributed by atoms with Crippen molar-refractivity contribution in [2.24, 2.45) is 0 Å². The lowest BCUT2D eigenvalue weighted by Crippen LogP contribution is -2.32. The maximum atomic E-state index is 12.2. The summed E-state index contributed by atoms with van der Waals surface area (Å²) < 4.78 is 31.9. The predicted molar refractivity (Wildman–Crippen MR) is 101 cm³/mol. The number of rotatable bonds is 8. The molecule has 2 aromatic rings. The van der Waals surface area contributed by atoms with E-state index in [1.54, 1.807) is 31.2 Å². The van der Waals surface area contributed by atoms with E-state index in [-0.39, 0.29) is 28.8 Å². The quantitative estimate of drug-likeness (QED) is 0.744. The van der Waals surface area contributed by atoms with Crippen molar-refractivity contribution in [1.82, 2.24) is 9.62 Å². The molecule has 0 fully saturated rings. The molecule has 0 unspecified atom stereocenters. The van der Waals surface area contributed by atoms with Gasteiger partial charge in [-0.2, -0.15) is 0 Å². The van der Waals surface area contributed by atoms with Crippen LogP contribution in [0, 0.1) is 0 Å². The van der Waals surface area contributed by atoms with E-state index in [0.717, 1.165) is 11.3 Å². The zero-order chi connectivity index (χ0) is 19.2. The Morgan fingerprint density at radius 1 is 1.15 bits per heavy atom. The van der Waals surface area contributed by atoms with Gasteiger partial charge in [0.1, 0.15) is 10.6 Å². The largest absolute Gasteiger partial charge is 0.497 e. The molecule has 2 aromatic carbocycles. The third kappa shape index (κ3) is 5.45. The van der Waals surface area contributed by atoms with Crippen LogP contribution in [0.1, 0.15) is 12.0 Å². The smallest absolute Gasteiger partial charge is 0.242 e. The molecule has 1 N–H and O–H groups in total. The van der Waals surface area contributed by atoms with Crippen molar-refractivity contribution >= 4 is 27.5 Å². The van der Waals surface area contributed by atoms with Crippen LogP contribution in [0.2, 0.25) is 5.02 Å². The molecule has 2 rings (SSSR count). The van der Waals surface area contributed by atoms with E-state index in [1.807, 2.05) is 24.3 Å². The first-order valence-electron chi connectivity index (χ1n) is 7.94. The second kappa shape index (κ2) is 9.02. The molecule has 0 saturated heterocycles. The monoisotopic (exact) mass is 396 g/mol. The highest BCUT2D eigenvalue weighted by molar-refractivity contribution is 7.89. The van der Waals surface area contributed by atoms with Crippen LogP contribution >= 0.6 is 11.6 Å². The maximum absolute atomic E-state index is 12.2. The predicted octanol–water partition coefficient (Wildman–Crippen LogP) is 2.68. The van der Waals surface area contributed by atoms with E-state index in [0.29, 0.717) is 6.54 Å². The highest BCUT2D eigenvalue weighted by Gasteiger charge is 2.18. The van der Waals surface area contributed by atoms with Crippen molar-refractivity contribution in [2.45, 2.75) is 17.9 Å². The Bertz CT molecular complexity index is 854. The Hall–Kier alpha value is -2.09. The molecule has 0 aliphatic heterocycles. The van der Waals surface area contributed by atoms with Gasteiger partial charge in [0.2, 0.25) is 15.9 Å². The van der Waals surface area contributed by atoms with Gasteiger partial charge in [0.05, 0.1) is 12.1 Å². The minimum Gasteiger partial charge on any atom is -0.497 e. The summed E-state index contributed by atoms with van der Waals surface area (Å²) in [6.07, 6.45) is 0.0519. The standard InChI is InChI=1S/C18H21ClN2O4S/c1-21(13-14-7-9-15(25-2)10-8-14)18(22)11-12-20-26(23,24)17-6-4-3-5-16(17)19/h3-10,20H,11-13H2,1-2H3. The summed E-state index contributed by atoms with van der Waals surface area (Å²) in [4.78, 5) is 13.7. The van der Waals surface area contributed by atoms with Crippen molar-refractivity contribution < 1.29 is 17.9 Å². The minimum absolute atomic E-state index is 0.000651. The fourth-order valence-corrected chi connectivity index (χ4v) is 3.87. The SMILES string of the molecule is COc1ccc(CN(C)C(=O)CCNS(=O)(=O)c2ccccc2Cl)cc1. The van der Waals surface area contributed by atoms with Crippen molar-refractivity contribution in [3.8, 4) is 5.75 Å². The first-order valence-corrected chi connectivity index (χ1v) is 9.80. The maximum Gasteiger partial charge on any atom is 0.242 e. The van der Waals surface area contributed by atoms with Gasteiger partial charge in [0, 0.05) is 26.6 Å². The van der Waals surface area contributed by atoms with Crippen LogP contribution in [0.5, 0.6) is 5.75 Å². The lowest BCUT2D eigenvalue weighted by molar-refractivity contribution is -0.130. The van der Waals surface area contributed by atoms with E-state index in [4.69, 9.17) is 16.3 Å². The number of carbonyl (C=O) groups is 1. The van der Waals surface area contributed by atoms with E-state index in [9.17, 15) is 13.2 Å². The molecule has 0 spiro atoms. The fourth-order valence-electron chi connectivity index (χ4n) is 2.32. The normalized spacial score (nSPS) is 11.2. The number of sulfonamides is 1. The van der Waals surface area contributed by atoms with Crippen LogP contribution in [0.4, 0.5) is 0 Å². The van der Waals surface area contributed by atoms with Gasteiger partial charge in [-0.05, 0) is 29.8 Å². The first kappa shape index (κ1) is 20.2. The zero-order valence-corrected chi connectivity index (χ0v) is 16.2. The lowest BCUT2D eigenvalue weighted by Gasteiger charge is -2.17. The highest BCUT2D eigenvalue weighted by atomic mass is 35.5. The van der Waals surface area contributed by atoms with Crippen LogP contribution in [0.15, 0.2) is 53.4 Å². The summed E-state index contributed by atoms with van der Waals surface area (Å²) in [5.74, 6) is 0.583. The van der Waals surface area contributed by atoms with E-state index < -0.39 is 10.0 Å². The van der Waals surface area contributed by atoms with Crippen LogP contribution in [-0.2, 0) is 21.4 Å². The van der Waals surface area contributed by atoms with Gasteiger partial charge in [0.25, 0.3) is 0 Å². The molecular formula is C18H21ClN2O4S. The van der Waals surface area contributed by atoms with Gasteiger partial charge >= 0.3 is 0 Å². The van der Waals surface area contributed by atoms with Gasteiger partial charge in [-0.25, -0.2) is 13.1 Å². The fraction of sp³-hybridized carbons (Fsp3) is 0.278. The Morgan fingerprint density at radius 3 is 2.42 bits per heavy atom. The molecule has 0 atom stereocenters. The Morgan fingerprint density at radius 2 is 1.81 bits per heavy atom.